The van der Waals surface area contributed by atoms with Crippen molar-refractivity contribution in [2.75, 3.05) is 25.2 Å². The lowest BCUT2D eigenvalue weighted by atomic mass is 10.4. The highest BCUT2D eigenvalue weighted by molar-refractivity contribution is 7.99. The van der Waals surface area contributed by atoms with Gasteiger partial charge in [0.15, 0.2) is 0 Å². The molecule has 0 radical (unpaired) electrons. The third kappa shape index (κ3) is 6.15. The van der Waals surface area contributed by atoms with Crippen LogP contribution in [0.1, 0.15) is 6.92 Å². The van der Waals surface area contributed by atoms with Crippen molar-refractivity contribution in [3.8, 4) is 0 Å². The second kappa shape index (κ2) is 6.39. The fourth-order valence-corrected chi connectivity index (χ4v) is 1.22. The molecule has 3 heteroatoms. The Morgan fingerprint density at radius 1 is 1.67 bits per heavy atom. The first-order valence-corrected chi connectivity index (χ1v) is 4.32. The summed E-state index contributed by atoms with van der Waals surface area (Å²) in [5.41, 5.74) is 0. The fourth-order valence-electron chi connectivity index (χ4n) is 0.408. The van der Waals surface area contributed by atoms with Crippen molar-refractivity contribution >= 4 is 11.8 Å². The number of aliphatic hydroxyl groups is 1. The van der Waals surface area contributed by atoms with E-state index < -0.39 is 0 Å². The molecule has 0 rings (SSSR count). The second-order valence-electron chi connectivity index (χ2n) is 1.99. The lowest BCUT2D eigenvalue weighted by molar-refractivity contribution is 0.322. The normalized spacial score (nSPS) is 13.7. The smallest absolute Gasteiger partial charge is 0.0521 e. The Bertz CT molecular complexity index is 61.0. The van der Waals surface area contributed by atoms with Crippen molar-refractivity contribution in [1.29, 1.82) is 0 Å². The quantitative estimate of drug-likeness (QED) is 0.552. The summed E-state index contributed by atoms with van der Waals surface area (Å²) in [6.45, 7) is 2.42. The van der Waals surface area contributed by atoms with Gasteiger partial charge in [0.2, 0.25) is 0 Å². The predicted molar refractivity (Wildman–Crippen MR) is 42.9 cm³/mol. The molecule has 0 saturated heterocycles. The maximum Gasteiger partial charge on any atom is 0.0521 e. The third-order valence-electron chi connectivity index (χ3n) is 1.10. The summed E-state index contributed by atoms with van der Waals surface area (Å²) < 4.78 is 0. The van der Waals surface area contributed by atoms with Gasteiger partial charge in [0.05, 0.1) is 6.61 Å². The molecule has 2 N–H and O–H groups in total. The zero-order valence-corrected chi connectivity index (χ0v) is 6.87. The minimum atomic E-state index is 0.293. The highest BCUT2D eigenvalue weighted by atomic mass is 32.2. The molecule has 0 saturated carbocycles. The average molecular weight is 149 g/mol. The maximum absolute atomic E-state index is 8.41. The first-order chi connectivity index (χ1) is 4.31. The van der Waals surface area contributed by atoms with E-state index in [1.807, 2.05) is 7.05 Å². The van der Waals surface area contributed by atoms with E-state index in [2.05, 4.69) is 12.2 Å². The average Bonchev–Trinajstić information content (AvgIpc) is 1.89. The molecule has 0 amide bonds. The van der Waals surface area contributed by atoms with Crippen LogP contribution in [0.5, 0.6) is 0 Å². The van der Waals surface area contributed by atoms with Crippen LogP contribution in [-0.2, 0) is 0 Å². The Morgan fingerprint density at radius 2 is 2.33 bits per heavy atom. The molecule has 0 bridgehead atoms. The number of rotatable bonds is 5. The van der Waals surface area contributed by atoms with E-state index >= 15 is 0 Å². The van der Waals surface area contributed by atoms with Crippen LogP contribution in [0.15, 0.2) is 0 Å². The van der Waals surface area contributed by atoms with Gasteiger partial charge in [-0.15, -0.1) is 0 Å². The molecule has 0 aliphatic rings. The van der Waals surface area contributed by atoms with Crippen LogP contribution in [0.25, 0.3) is 0 Å². The minimum absolute atomic E-state index is 0.293. The van der Waals surface area contributed by atoms with Crippen LogP contribution in [0.2, 0.25) is 0 Å². The molecule has 0 aliphatic carbocycles. The van der Waals surface area contributed by atoms with Gasteiger partial charge in [0.25, 0.3) is 0 Å². The van der Waals surface area contributed by atoms with Crippen LogP contribution >= 0.6 is 11.8 Å². The minimum Gasteiger partial charge on any atom is -0.396 e. The van der Waals surface area contributed by atoms with Crippen molar-refractivity contribution in [3.63, 3.8) is 0 Å². The second-order valence-corrected chi connectivity index (χ2v) is 3.14. The summed E-state index contributed by atoms with van der Waals surface area (Å²) in [5.74, 6) is 1.93. The Balaban J connectivity index is 2.88. The van der Waals surface area contributed by atoms with Gasteiger partial charge in [-0.25, -0.2) is 0 Å². The van der Waals surface area contributed by atoms with Gasteiger partial charge in [0.1, 0.15) is 0 Å². The molecule has 1 unspecified atom stereocenters. The summed E-state index contributed by atoms with van der Waals surface area (Å²) in [5, 5.41) is 11.5. The number of hydrogen-bond donors (Lipinski definition) is 2. The van der Waals surface area contributed by atoms with Crippen LogP contribution < -0.4 is 5.32 Å². The highest BCUT2D eigenvalue weighted by Crippen LogP contribution is 2.00. The van der Waals surface area contributed by atoms with Crippen LogP contribution in [0.3, 0.4) is 0 Å². The molecule has 9 heavy (non-hydrogen) atoms. The van der Waals surface area contributed by atoms with E-state index in [1.54, 1.807) is 11.8 Å². The number of thioether (sulfide) groups is 1. The molecule has 0 spiro atoms. The fraction of sp³-hybridized carbons (Fsp3) is 1.00. The van der Waals surface area contributed by atoms with Crippen molar-refractivity contribution in [1.82, 2.24) is 5.32 Å². The highest BCUT2D eigenvalue weighted by Gasteiger charge is 1.95. The molecular formula is C6H15NOS. The zero-order chi connectivity index (χ0) is 7.11. The lowest BCUT2D eigenvalue weighted by Crippen LogP contribution is -2.23. The molecule has 1 atom stereocenters. The molecule has 56 valence electrons. The van der Waals surface area contributed by atoms with E-state index in [0.717, 1.165) is 11.5 Å². The lowest BCUT2D eigenvalue weighted by Gasteiger charge is -2.07. The number of nitrogens with one attached hydrogen (secondary N) is 1. The molecule has 0 aliphatic heterocycles. The van der Waals surface area contributed by atoms with Crippen molar-refractivity contribution in [3.05, 3.63) is 0 Å². The van der Waals surface area contributed by atoms with E-state index in [0.29, 0.717) is 12.6 Å². The molecular weight excluding hydrogens is 134 g/mol. The molecule has 0 aromatic rings. The van der Waals surface area contributed by atoms with Crippen molar-refractivity contribution in [2.45, 2.75) is 13.0 Å². The summed E-state index contributed by atoms with van der Waals surface area (Å²) >= 11 is 1.77. The topological polar surface area (TPSA) is 32.3 Å². The monoisotopic (exact) mass is 149 g/mol. The Labute approximate surface area is 61.0 Å². The number of hydrogen-bond acceptors (Lipinski definition) is 3. The zero-order valence-electron chi connectivity index (χ0n) is 6.05. The van der Waals surface area contributed by atoms with Crippen LogP contribution in [0, 0.1) is 0 Å². The van der Waals surface area contributed by atoms with Gasteiger partial charge in [-0.2, -0.15) is 11.8 Å². The van der Waals surface area contributed by atoms with Gasteiger partial charge in [-0.1, -0.05) is 0 Å². The van der Waals surface area contributed by atoms with E-state index in [1.165, 1.54) is 0 Å². The van der Waals surface area contributed by atoms with E-state index in [-0.39, 0.29) is 0 Å². The van der Waals surface area contributed by atoms with Crippen molar-refractivity contribution in [2.24, 2.45) is 0 Å². The molecule has 0 fully saturated rings. The van der Waals surface area contributed by atoms with Crippen molar-refractivity contribution < 1.29 is 5.11 Å². The maximum atomic E-state index is 8.41. The largest absolute Gasteiger partial charge is 0.396 e. The number of aliphatic hydroxyl groups excluding tert-OH is 1. The molecule has 0 heterocycles. The molecule has 0 aromatic carbocycles. The summed E-state index contributed by atoms with van der Waals surface area (Å²) in [6, 6.07) is 0.557. The van der Waals surface area contributed by atoms with Gasteiger partial charge in [0, 0.05) is 17.5 Å². The Hall–Kier alpha value is 0.270. The summed E-state index contributed by atoms with van der Waals surface area (Å²) in [7, 11) is 1.95. The summed E-state index contributed by atoms with van der Waals surface area (Å²) in [6.07, 6.45) is 0. The SMILES string of the molecule is CNC(C)CSCCO. The van der Waals surface area contributed by atoms with Gasteiger partial charge < -0.3 is 10.4 Å². The molecule has 2 nitrogen and oxygen atoms in total. The Kier molecular flexibility index (Phi) is 6.58. The van der Waals surface area contributed by atoms with Gasteiger partial charge in [-0.05, 0) is 14.0 Å². The standard InChI is InChI=1S/C6H15NOS/c1-6(7-2)5-9-4-3-8/h6-8H,3-5H2,1-2H3. The van der Waals surface area contributed by atoms with E-state index in [9.17, 15) is 0 Å². The molecule has 0 aromatic heterocycles. The van der Waals surface area contributed by atoms with Crippen LogP contribution in [-0.4, -0.2) is 36.3 Å². The predicted octanol–water partition coefficient (Wildman–Crippen LogP) is 0.320. The third-order valence-corrected chi connectivity index (χ3v) is 2.30. The Morgan fingerprint density at radius 3 is 2.78 bits per heavy atom. The van der Waals surface area contributed by atoms with E-state index in [4.69, 9.17) is 5.11 Å². The first kappa shape index (κ1) is 9.27. The van der Waals surface area contributed by atoms with Crippen LogP contribution in [0.4, 0.5) is 0 Å². The van der Waals surface area contributed by atoms with Gasteiger partial charge in [-0.3, -0.25) is 0 Å². The van der Waals surface area contributed by atoms with Gasteiger partial charge >= 0.3 is 0 Å². The summed E-state index contributed by atoms with van der Waals surface area (Å²) in [4.78, 5) is 0. The first-order valence-electron chi connectivity index (χ1n) is 3.17.